The number of nitrogens with zero attached hydrogens (tertiary/aromatic N) is 1. The van der Waals surface area contributed by atoms with Gasteiger partial charge in [0.25, 0.3) is 0 Å². The Morgan fingerprint density at radius 3 is 2.57 bits per heavy atom. The van der Waals surface area contributed by atoms with Gasteiger partial charge in [-0.15, -0.1) is 11.3 Å². The van der Waals surface area contributed by atoms with Gasteiger partial charge < -0.3 is 15.5 Å². The first-order chi connectivity index (χ1) is 11.1. The summed E-state index contributed by atoms with van der Waals surface area (Å²) in [5.74, 6) is -0.240. The minimum absolute atomic E-state index is 0.240. The van der Waals surface area contributed by atoms with Crippen molar-refractivity contribution < 1.29 is 9.59 Å². The summed E-state index contributed by atoms with van der Waals surface area (Å²) < 4.78 is 0. The second-order valence-electron chi connectivity index (χ2n) is 5.28. The Morgan fingerprint density at radius 2 is 1.91 bits per heavy atom. The molecule has 122 valence electrons. The normalized spacial score (nSPS) is 11.6. The number of benzene rings is 1. The van der Waals surface area contributed by atoms with E-state index in [9.17, 15) is 9.59 Å². The van der Waals surface area contributed by atoms with Crippen molar-refractivity contribution in [2.75, 3.05) is 18.9 Å². The molecule has 2 N–H and O–H groups in total. The molecule has 23 heavy (non-hydrogen) atoms. The van der Waals surface area contributed by atoms with Crippen LogP contribution in [0.1, 0.15) is 11.8 Å². The predicted octanol–water partition coefficient (Wildman–Crippen LogP) is 2.96. The van der Waals surface area contributed by atoms with Crippen LogP contribution in [-0.4, -0.2) is 36.5 Å². The molecule has 0 saturated heterocycles. The Kier molecular flexibility index (Phi) is 6.17. The summed E-state index contributed by atoms with van der Waals surface area (Å²) >= 11 is 1.67. The minimum Gasteiger partial charge on any atom is -0.328 e. The number of rotatable bonds is 6. The summed E-state index contributed by atoms with van der Waals surface area (Å²) in [7, 11) is 1.73. The fraction of sp³-hybridized carbons (Fsp3) is 0.294. The topological polar surface area (TPSA) is 61.4 Å². The van der Waals surface area contributed by atoms with Crippen molar-refractivity contribution in [3.05, 3.63) is 52.7 Å². The highest BCUT2D eigenvalue weighted by Gasteiger charge is 2.18. The summed E-state index contributed by atoms with van der Waals surface area (Å²) in [4.78, 5) is 27.0. The average Bonchev–Trinajstić information content (AvgIpc) is 3.06. The van der Waals surface area contributed by atoms with E-state index in [4.69, 9.17) is 0 Å². The molecular weight excluding hydrogens is 310 g/mol. The lowest BCUT2D eigenvalue weighted by Gasteiger charge is -2.21. The van der Waals surface area contributed by atoms with Crippen LogP contribution >= 0.6 is 11.3 Å². The Bertz CT molecular complexity index is 629. The molecule has 1 aromatic heterocycles. The molecule has 2 rings (SSSR count). The lowest BCUT2D eigenvalue weighted by Crippen LogP contribution is -2.47. The smallest absolute Gasteiger partial charge is 0.317 e. The number of amides is 3. The summed E-state index contributed by atoms with van der Waals surface area (Å²) in [5, 5.41) is 7.50. The molecule has 0 fully saturated rings. The van der Waals surface area contributed by atoms with Crippen molar-refractivity contribution in [1.29, 1.82) is 0 Å². The van der Waals surface area contributed by atoms with Crippen LogP contribution in [0, 0.1) is 0 Å². The maximum Gasteiger partial charge on any atom is 0.317 e. The van der Waals surface area contributed by atoms with Crippen LogP contribution in [0.5, 0.6) is 0 Å². The quantitative estimate of drug-likeness (QED) is 0.855. The van der Waals surface area contributed by atoms with Gasteiger partial charge in [0, 0.05) is 24.2 Å². The highest BCUT2D eigenvalue weighted by molar-refractivity contribution is 7.09. The molecular formula is C17H21N3O2S. The van der Waals surface area contributed by atoms with Crippen molar-refractivity contribution in [2.45, 2.75) is 19.4 Å². The SMILES string of the molecule is CC(NC(=O)N(C)CCc1cccs1)C(=O)Nc1ccccc1. The van der Waals surface area contributed by atoms with E-state index in [-0.39, 0.29) is 11.9 Å². The number of para-hydroxylation sites is 1. The van der Waals surface area contributed by atoms with Gasteiger partial charge >= 0.3 is 6.03 Å². The van der Waals surface area contributed by atoms with E-state index in [2.05, 4.69) is 10.6 Å². The molecule has 3 amide bonds. The van der Waals surface area contributed by atoms with Crippen LogP contribution in [0.4, 0.5) is 10.5 Å². The van der Waals surface area contributed by atoms with Crippen LogP contribution in [-0.2, 0) is 11.2 Å². The molecule has 0 spiro atoms. The molecule has 1 heterocycles. The average molecular weight is 331 g/mol. The molecule has 0 aliphatic rings. The van der Waals surface area contributed by atoms with E-state index in [1.165, 1.54) is 4.88 Å². The van der Waals surface area contributed by atoms with E-state index in [1.807, 2.05) is 35.7 Å². The number of nitrogens with one attached hydrogen (secondary N) is 2. The van der Waals surface area contributed by atoms with E-state index in [0.717, 1.165) is 6.42 Å². The third kappa shape index (κ3) is 5.41. The third-order valence-electron chi connectivity index (χ3n) is 3.40. The van der Waals surface area contributed by atoms with Gasteiger partial charge in [-0.1, -0.05) is 24.3 Å². The molecule has 0 radical (unpaired) electrons. The monoisotopic (exact) mass is 331 g/mol. The van der Waals surface area contributed by atoms with Crippen molar-refractivity contribution >= 4 is 29.0 Å². The van der Waals surface area contributed by atoms with Crippen LogP contribution < -0.4 is 10.6 Å². The van der Waals surface area contributed by atoms with E-state index in [1.54, 1.807) is 42.3 Å². The predicted molar refractivity (Wildman–Crippen MR) is 93.7 cm³/mol. The third-order valence-corrected chi connectivity index (χ3v) is 4.33. The molecule has 5 nitrogen and oxygen atoms in total. The van der Waals surface area contributed by atoms with Gasteiger partial charge in [0.05, 0.1) is 0 Å². The van der Waals surface area contributed by atoms with Crippen LogP contribution in [0.25, 0.3) is 0 Å². The maximum absolute atomic E-state index is 12.1. The molecule has 6 heteroatoms. The van der Waals surface area contributed by atoms with Crippen LogP contribution in [0.15, 0.2) is 47.8 Å². The Morgan fingerprint density at radius 1 is 1.17 bits per heavy atom. The second kappa shape index (κ2) is 8.33. The lowest BCUT2D eigenvalue weighted by molar-refractivity contribution is -0.117. The van der Waals surface area contributed by atoms with Crippen molar-refractivity contribution in [3.63, 3.8) is 0 Å². The molecule has 2 aromatic rings. The fourth-order valence-electron chi connectivity index (χ4n) is 1.97. The molecule has 0 aliphatic carbocycles. The Balaban J connectivity index is 1.77. The summed E-state index contributed by atoms with van der Waals surface area (Å²) in [5.41, 5.74) is 0.713. The number of hydrogen-bond donors (Lipinski definition) is 2. The zero-order valence-electron chi connectivity index (χ0n) is 13.3. The minimum atomic E-state index is -0.605. The summed E-state index contributed by atoms with van der Waals surface area (Å²) in [6.07, 6.45) is 0.812. The largest absolute Gasteiger partial charge is 0.328 e. The number of hydrogen-bond acceptors (Lipinski definition) is 3. The molecule has 0 bridgehead atoms. The molecule has 1 aromatic carbocycles. The van der Waals surface area contributed by atoms with E-state index >= 15 is 0 Å². The lowest BCUT2D eigenvalue weighted by atomic mass is 10.2. The number of carbonyl (C=O) groups is 2. The van der Waals surface area contributed by atoms with Crippen molar-refractivity contribution in [3.8, 4) is 0 Å². The van der Waals surface area contributed by atoms with Crippen LogP contribution in [0.3, 0.4) is 0 Å². The van der Waals surface area contributed by atoms with Gasteiger partial charge in [0.1, 0.15) is 6.04 Å². The number of anilines is 1. The van der Waals surface area contributed by atoms with Gasteiger partial charge in [0.15, 0.2) is 0 Å². The first kappa shape index (κ1) is 17.0. The van der Waals surface area contributed by atoms with Gasteiger partial charge in [0.2, 0.25) is 5.91 Å². The second-order valence-corrected chi connectivity index (χ2v) is 6.31. The highest BCUT2D eigenvalue weighted by Crippen LogP contribution is 2.09. The van der Waals surface area contributed by atoms with Gasteiger partial charge in [-0.05, 0) is 36.9 Å². The van der Waals surface area contributed by atoms with Crippen LogP contribution in [0.2, 0.25) is 0 Å². The van der Waals surface area contributed by atoms with Gasteiger partial charge in [-0.25, -0.2) is 4.79 Å². The summed E-state index contributed by atoms with van der Waals surface area (Å²) in [6.45, 7) is 2.28. The molecule has 0 aliphatic heterocycles. The van der Waals surface area contributed by atoms with Gasteiger partial charge in [-0.2, -0.15) is 0 Å². The van der Waals surface area contributed by atoms with E-state index < -0.39 is 6.04 Å². The van der Waals surface area contributed by atoms with Crippen molar-refractivity contribution in [1.82, 2.24) is 10.2 Å². The summed E-state index contributed by atoms with van der Waals surface area (Å²) in [6, 6.07) is 12.4. The number of likely N-dealkylation sites (N-methyl/N-ethyl adjacent to an activating group) is 1. The molecule has 1 unspecified atom stereocenters. The van der Waals surface area contributed by atoms with Crippen molar-refractivity contribution in [2.24, 2.45) is 0 Å². The number of thiophene rings is 1. The maximum atomic E-state index is 12.1. The molecule has 0 saturated carbocycles. The first-order valence-corrected chi connectivity index (χ1v) is 8.34. The first-order valence-electron chi connectivity index (χ1n) is 7.46. The Hall–Kier alpha value is -2.34. The highest BCUT2D eigenvalue weighted by atomic mass is 32.1. The Labute approximate surface area is 140 Å². The number of urea groups is 1. The fourth-order valence-corrected chi connectivity index (χ4v) is 2.67. The molecule has 1 atom stereocenters. The van der Waals surface area contributed by atoms with E-state index in [0.29, 0.717) is 12.2 Å². The standard InChI is InChI=1S/C17H21N3O2S/c1-13(16(21)19-14-7-4-3-5-8-14)18-17(22)20(2)11-10-15-9-6-12-23-15/h3-9,12-13H,10-11H2,1-2H3,(H,18,22)(H,19,21). The zero-order valence-corrected chi connectivity index (χ0v) is 14.1. The number of carbonyl (C=O) groups excluding carboxylic acids is 2. The zero-order chi connectivity index (χ0) is 16.7. The van der Waals surface area contributed by atoms with Gasteiger partial charge in [-0.3, -0.25) is 4.79 Å².